The summed E-state index contributed by atoms with van der Waals surface area (Å²) in [5.41, 5.74) is 3.04. The molecule has 1 amide bonds. The van der Waals surface area contributed by atoms with Crippen LogP contribution in [0.15, 0.2) is 30.3 Å². The maximum absolute atomic E-state index is 12.9. The molecule has 6 heteroatoms. The number of likely N-dealkylation sites (tertiary alicyclic amines) is 1. The first-order valence-corrected chi connectivity index (χ1v) is 8.12. The van der Waals surface area contributed by atoms with E-state index in [0.29, 0.717) is 37.2 Å². The molecule has 1 aliphatic rings. The number of hydrogen-bond donors (Lipinski definition) is 1. The zero-order valence-corrected chi connectivity index (χ0v) is 13.9. The van der Waals surface area contributed by atoms with Gasteiger partial charge in [-0.2, -0.15) is 5.10 Å². The molecule has 24 heavy (non-hydrogen) atoms. The van der Waals surface area contributed by atoms with Crippen molar-refractivity contribution < 1.29 is 14.7 Å². The first-order valence-electron chi connectivity index (χ1n) is 8.12. The number of carboxylic acids is 1. The van der Waals surface area contributed by atoms with E-state index in [0.717, 1.165) is 11.4 Å². The van der Waals surface area contributed by atoms with Gasteiger partial charge in [-0.15, -0.1) is 0 Å². The molecule has 126 valence electrons. The highest BCUT2D eigenvalue weighted by molar-refractivity contribution is 5.96. The average molecular weight is 327 g/mol. The maximum atomic E-state index is 12.9. The summed E-state index contributed by atoms with van der Waals surface area (Å²) >= 11 is 0. The molecule has 1 saturated heterocycles. The number of carbonyl (C=O) groups excluding carboxylic acids is 1. The minimum absolute atomic E-state index is 0.0592. The second-order valence-corrected chi connectivity index (χ2v) is 6.20. The van der Waals surface area contributed by atoms with Gasteiger partial charge in [-0.3, -0.25) is 9.59 Å². The third kappa shape index (κ3) is 2.91. The van der Waals surface area contributed by atoms with Gasteiger partial charge in [-0.05, 0) is 38.8 Å². The lowest BCUT2D eigenvalue weighted by Gasteiger charge is -2.30. The quantitative estimate of drug-likeness (QED) is 0.939. The summed E-state index contributed by atoms with van der Waals surface area (Å²) < 4.78 is 1.78. The van der Waals surface area contributed by atoms with Crippen LogP contribution in [-0.4, -0.2) is 44.8 Å². The van der Waals surface area contributed by atoms with Crippen LogP contribution in [0.4, 0.5) is 0 Å². The number of nitrogens with zero attached hydrogens (tertiary/aromatic N) is 3. The van der Waals surface area contributed by atoms with Gasteiger partial charge in [0.1, 0.15) is 0 Å². The molecule has 6 nitrogen and oxygen atoms in total. The zero-order chi connectivity index (χ0) is 17.3. The minimum atomic E-state index is -0.772. The Hall–Kier alpha value is -2.63. The van der Waals surface area contributed by atoms with Gasteiger partial charge >= 0.3 is 5.97 Å². The molecule has 0 saturated carbocycles. The Morgan fingerprint density at radius 1 is 1.12 bits per heavy atom. The molecule has 0 unspecified atom stereocenters. The first kappa shape index (κ1) is 16.2. The van der Waals surface area contributed by atoms with Crippen molar-refractivity contribution in [2.24, 2.45) is 5.92 Å². The smallest absolute Gasteiger partial charge is 0.306 e. The molecule has 0 aliphatic carbocycles. The van der Waals surface area contributed by atoms with Crippen molar-refractivity contribution in [1.29, 1.82) is 0 Å². The lowest BCUT2D eigenvalue weighted by molar-refractivity contribution is -0.143. The van der Waals surface area contributed by atoms with E-state index in [1.165, 1.54) is 0 Å². The zero-order valence-electron chi connectivity index (χ0n) is 13.9. The minimum Gasteiger partial charge on any atom is -0.481 e. The standard InChI is InChI=1S/C18H21N3O3/c1-12-16(13(2)21(19-12)15-6-4-3-5-7-15)17(22)20-10-8-14(9-11-20)18(23)24/h3-7,14H,8-11H2,1-2H3,(H,23,24). The second-order valence-electron chi connectivity index (χ2n) is 6.20. The van der Waals surface area contributed by atoms with Crippen molar-refractivity contribution in [1.82, 2.24) is 14.7 Å². The van der Waals surface area contributed by atoms with Crippen molar-refractivity contribution in [3.05, 3.63) is 47.3 Å². The third-order valence-corrected chi connectivity index (χ3v) is 4.64. The maximum Gasteiger partial charge on any atom is 0.306 e. The van der Waals surface area contributed by atoms with Crippen LogP contribution in [0.3, 0.4) is 0 Å². The topological polar surface area (TPSA) is 75.4 Å². The molecule has 1 N–H and O–H groups in total. The van der Waals surface area contributed by atoms with Gasteiger partial charge in [0, 0.05) is 13.1 Å². The van der Waals surface area contributed by atoms with Crippen molar-refractivity contribution in [3.8, 4) is 5.69 Å². The fourth-order valence-electron chi connectivity index (χ4n) is 3.26. The Bertz CT molecular complexity index is 759. The van der Waals surface area contributed by atoms with E-state index >= 15 is 0 Å². The fraction of sp³-hybridized carbons (Fsp3) is 0.389. The fourth-order valence-corrected chi connectivity index (χ4v) is 3.26. The number of amides is 1. The number of piperidine rings is 1. The van der Waals surface area contributed by atoms with Crippen molar-refractivity contribution in [3.63, 3.8) is 0 Å². The molecule has 2 aromatic rings. The van der Waals surface area contributed by atoms with E-state index in [1.54, 1.807) is 9.58 Å². The lowest BCUT2D eigenvalue weighted by Crippen LogP contribution is -2.40. The van der Waals surface area contributed by atoms with Crippen LogP contribution in [0.25, 0.3) is 5.69 Å². The summed E-state index contributed by atoms with van der Waals surface area (Å²) in [4.78, 5) is 25.7. The van der Waals surface area contributed by atoms with Gasteiger partial charge in [-0.1, -0.05) is 18.2 Å². The molecule has 0 spiro atoms. The van der Waals surface area contributed by atoms with Gasteiger partial charge in [0.15, 0.2) is 0 Å². The highest BCUT2D eigenvalue weighted by Crippen LogP contribution is 2.23. The molecule has 0 radical (unpaired) electrons. The molecule has 1 fully saturated rings. The summed E-state index contributed by atoms with van der Waals surface area (Å²) in [7, 11) is 0. The van der Waals surface area contributed by atoms with E-state index in [1.807, 2.05) is 44.2 Å². The van der Waals surface area contributed by atoms with Crippen LogP contribution in [0.1, 0.15) is 34.6 Å². The van der Waals surface area contributed by atoms with Crippen molar-refractivity contribution in [2.75, 3.05) is 13.1 Å². The molecular weight excluding hydrogens is 306 g/mol. The van der Waals surface area contributed by atoms with Crippen LogP contribution < -0.4 is 0 Å². The largest absolute Gasteiger partial charge is 0.481 e. The molecule has 3 rings (SSSR count). The number of rotatable bonds is 3. The molecule has 2 heterocycles. The van der Waals surface area contributed by atoms with E-state index in [4.69, 9.17) is 5.11 Å². The van der Waals surface area contributed by atoms with Gasteiger partial charge in [0.25, 0.3) is 5.91 Å². The van der Waals surface area contributed by atoms with Crippen LogP contribution in [0, 0.1) is 19.8 Å². The number of carbonyl (C=O) groups is 2. The van der Waals surface area contributed by atoms with E-state index in [2.05, 4.69) is 5.10 Å². The summed E-state index contributed by atoms with van der Waals surface area (Å²) in [5, 5.41) is 13.6. The van der Waals surface area contributed by atoms with Crippen LogP contribution in [0.5, 0.6) is 0 Å². The molecule has 1 aromatic heterocycles. The molecule has 0 atom stereocenters. The van der Waals surface area contributed by atoms with E-state index < -0.39 is 5.97 Å². The number of hydrogen-bond acceptors (Lipinski definition) is 3. The SMILES string of the molecule is Cc1nn(-c2ccccc2)c(C)c1C(=O)N1CCC(C(=O)O)CC1. The highest BCUT2D eigenvalue weighted by atomic mass is 16.4. The van der Waals surface area contributed by atoms with Gasteiger partial charge < -0.3 is 10.0 Å². The van der Waals surface area contributed by atoms with Crippen molar-refractivity contribution >= 4 is 11.9 Å². The van der Waals surface area contributed by atoms with E-state index in [9.17, 15) is 9.59 Å². The summed E-state index contributed by atoms with van der Waals surface area (Å²) in [6.45, 7) is 4.68. The average Bonchev–Trinajstić information content (AvgIpc) is 2.89. The number of aromatic nitrogens is 2. The third-order valence-electron chi connectivity index (χ3n) is 4.64. The first-order chi connectivity index (χ1) is 11.5. The second kappa shape index (κ2) is 6.47. The monoisotopic (exact) mass is 327 g/mol. The number of aliphatic carboxylic acids is 1. The van der Waals surface area contributed by atoms with Crippen molar-refractivity contribution in [2.45, 2.75) is 26.7 Å². The van der Waals surface area contributed by atoms with Crippen LogP contribution in [-0.2, 0) is 4.79 Å². The normalized spacial score (nSPS) is 15.5. The summed E-state index contributed by atoms with van der Waals surface area (Å²) in [6.07, 6.45) is 1.01. The van der Waals surface area contributed by atoms with Gasteiger partial charge in [0.05, 0.1) is 28.6 Å². The Labute approximate surface area is 140 Å². The predicted molar refractivity (Wildman–Crippen MR) is 89.3 cm³/mol. The van der Waals surface area contributed by atoms with Gasteiger partial charge in [0.2, 0.25) is 0 Å². The molecule has 1 aliphatic heterocycles. The highest BCUT2D eigenvalue weighted by Gasteiger charge is 2.30. The van der Waals surface area contributed by atoms with Crippen LogP contribution >= 0.6 is 0 Å². The Balaban J connectivity index is 1.84. The predicted octanol–water partition coefficient (Wildman–Crippen LogP) is 2.43. The molecule has 1 aromatic carbocycles. The summed E-state index contributed by atoms with van der Waals surface area (Å²) in [6, 6.07) is 9.71. The molecule has 0 bridgehead atoms. The van der Waals surface area contributed by atoms with Gasteiger partial charge in [-0.25, -0.2) is 4.68 Å². The molecular formula is C18H21N3O3. The number of benzene rings is 1. The Morgan fingerprint density at radius 3 is 2.33 bits per heavy atom. The number of aryl methyl sites for hydroxylation is 1. The Kier molecular flexibility index (Phi) is 4.38. The number of para-hydroxylation sites is 1. The Morgan fingerprint density at radius 2 is 1.75 bits per heavy atom. The number of carboxylic acid groups (broad SMARTS) is 1. The lowest BCUT2D eigenvalue weighted by atomic mass is 9.96. The van der Waals surface area contributed by atoms with E-state index in [-0.39, 0.29) is 11.8 Å². The summed E-state index contributed by atoms with van der Waals surface area (Å²) in [5.74, 6) is -1.18. The van der Waals surface area contributed by atoms with Crippen LogP contribution in [0.2, 0.25) is 0 Å².